The van der Waals surface area contributed by atoms with Gasteiger partial charge in [0.2, 0.25) is 0 Å². The van der Waals surface area contributed by atoms with E-state index >= 15 is 0 Å². The Morgan fingerprint density at radius 2 is 2.00 bits per heavy atom. The molecule has 0 aromatic heterocycles. The SMILES string of the molecule is O=CC1(CC2CC2(F)F)CC2CCC1C2. The summed E-state index contributed by atoms with van der Waals surface area (Å²) in [5.41, 5.74) is -0.368. The topological polar surface area (TPSA) is 17.1 Å². The van der Waals surface area contributed by atoms with Gasteiger partial charge in [-0.05, 0) is 37.5 Å². The molecule has 3 fully saturated rings. The van der Waals surface area contributed by atoms with Crippen molar-refractivity contribution in [3.8, 4) is 0 Å². The van der Waals surface area contributed by atoms with Crippen molar-refractivity contribution >= 4 is 6.29 Å². The van der Waals surface area contributed by atoms with Crippen LogP contribution in [0.3, 0.4) is 0 Å². The minimum absolute atomic E-state index is 0.0139. The summed E-state index contributed by atoms with van der Waals surface area (Å²) < 4.78 is 25.8. The second-order valence-corrected chi connectivity index (χ2v) is 5.80. The first-order valence-corrected chi connectivity index (χ1v) is 5.90. The van der Waals surface area contributed by atoms with Crippen LogP contribution in [-0.2, 0) is 4.79 Å². The standard InChI is InChI=1S/C12H16F2O/c13-12(14)6-10(12)5-11(7-15)4-8-1-2-9(11)3-8/h7-10H,1-6H2. The molecule has 84 valence electrons. The predicted molar refractivity (Wildman–Crippen MR) is 51.6 cm³/mol. The monoisotopic (exact) mass is 214 g/mol. The Balaban J connectivity index is 1.74. The molecule has 2 bridgehead atoms. The van der Waals surface area contributed by atoms with Gasteiger partial charge in [-0.3, -0.25) is 0 Å². The third-order valence-electron chi connectivity index (χ3n) is 4.84. The van der Waals surface area contributed by atoms with Gasteiger partial charge in [0.25, 0.3) is 5.92 Å². The van der Waals surface area contributed by atoms with E-state index in [1.165, 1.54) is 6.42 Å². The Morgan fingerprint density at radius 1 is 1.27 bits per heavy atom. The van der Waals surface area contributed by atoms with Gasteiger partial charge < -0.3 is 4.79 Å². The van der Waals surface area contributed by atoms with Crippen LogP contribution in [-0.4, -0.2) is 12.2 Å². The fourth-order valence-corrected chi connectivity index (χ4v) is 3.88. The third kappa shape index (κ3) is 1.35. The molecule has 15 heavy (non-hydrogen) atoms. The smallest absolute Gasteiger partial charge is 0.251 e. The maximum atomic E-state index is 12.9. The Labute approximate surface area is 88.2 Å². The summed E-state index contributed by atoms with van der Waals surface area (Å²) in [6.45, 7) is 0. The second-order valence-electron chi connectivity index (χ2n) is 5.80. The van der Waals surface area contributed by atoms with Crippen molar-refractivity contribution in [1.82, 2.24) is 0 Å². The Kier molecular flexibility index (Phi) is 1.82. The lowest BCUT2D eigenvalue weighted by Gasteiger charge is -2.32. The first-order valence-electron chi connectivity index (χ1n) is 5.90. The molecule has 1 nitrogen and oxygen atoms in total. The van der Waals surface area contributed by atoms with Crippen LogP contribution in [0.25, 0.3) is 0 Å². The molecular weight excluding hydrogens is 198 g/mol. The van der Waals surface area contributed by atoms with Gasteiger partial charge in [0.1, 0.15) is 6.29 Å². The van der Waals surface area contributed by atoms with E-state index in [9.17, 15) is 13.6 Å². The van der Waals surface area contributed by atoms with E-state index < -0.39 is 11.8 Å². The average molecular weight is 214 g/mol. The molecular formula is C12H16F2O. The molecule has 3 aliphatic carbocycles. The number of carbonyl (C=O) groups is 1. The second kappa shape index (κ2) is 2.80. The summed E-state index contributed by atoms with van der Waals surface area (Å²) in [5.74, 6) is -1.90. The Bertz CT molecular complexity index is 302. The number of carbonyl (C=O) groups excluding carboxylic acids is 1. The largest absolute Gasteiger partial charge is 0.303 e. The van der Waals surface area contributed by atoms with Gasteiger partial charge >= 0.3 is 0 Å². The van der Waals surface area contributed by atoms with E-state index in [1.807, 2.05) is 0 Å². The molecule has 0 aromatic carbocycles. The molecule has 3 saturated carbocycles. The van der Waals surface area contributed by atoms with Crippen molar-refractivity contribution in [3.05, 3.63) is 0 Å². The summed E-state index contributed by atoms with van der Waals surface area (Å²) >= 11 is 0. The number of hydrogen-bond donors (Lipinski definition) is 0. The number of halogens is 2. The quantitative estimate of drug-likeness (QED) is 0.660. The lowest BCUT2D eigenvalue weighted by atomic mass is 9.71. The maximum absolute atomic E-state index is 12.9. The van der Waals surface area contributed by atoms with Crippen LogP contribution in [0.1, 0.15) is 38.5 Å². The van der Waals surface area contributed by atoms with E-state index in [-0.39, 0.29) is 11.8 Å². The Morgan fingerprint density at radius 3 is 2.40 bits per heavy atom. The van der Waals surface area contributed by atoms with Gasteiger partial charge in [0.15, 0.2) is 0 Å². The number of hydrogen-bond acceptors (Lipinski definition) is 1. The van der Waals surface area contributed by atoms with Crippen molar-refractivity contribution in [2.45, 2.75) is 44.4 Å². The number of aldehydes is 1. The first kappa shape index (κ1) is 9.73. The molecule has 0 heterocycles. The summed E-state index contributed by atoms with van der Waals surface area (Å²) in [6.07, 6.45) is 5.75. The molecule has 0 N–H and O–H groups in total. The summed E-state index contributed by atoms with van der Waals surface area (Å²) in [7, 11) is 0. The zero-order valence-electron chi connectivity index (χ0n) is 8.72. The lowest BCUT2D eigenvalue weighted by Crippen LogP contribution is -2.30. The van der Waals surface area contributed by atoms with Crippen molar-refractivity contribution in [2.75, 3.05) is 0 Å². The van der Waals surface area contributed by atoms with E-state index in [2.05, 4.69) is 0 Å². The zero-order chi connectivity index (χ0) is 10.7. The van der Waals surface area contributed by atoms with Crippen molar-refractivity contribution in [1.29, 1.82) is 0 Å². The molecule has 4 unspecified atom stereocenters. The van der Waals surface area contributed by atoms with Crippen LogP contribution in [0.4, 0.5) is 8.78 Å². The van der Waals surface area contributed by atoms with E-state index in [0.29, 0.717) is 18.3 Å². The van der Waals surface area contributed by atoms with Crippen LogP contribution in [0, 0.1) is 23.2 Å². The first-order chi connectivity index (χ1) is 7.06. The summed E-state index contributed by atoms with van der Waals surface area (Å²) in [6, 6.07) is 0. The molecule has 3 heteroatoms. The van der Waals surface area contributed by atoms with Gasteiger partial charge in [0.05, 0.1) is 0 Å². The van der Waals surface area contributed by atoms with Gasteiger partial charge in [-0.15, -0.1) is 0 Å². The van der Waals surface area contributed by atoms with Gasteiger partial charge in [-0.1, -0.05) is 6.42 Å². The normalized spacial score (nSPS) is 50.7. The van der Waals surface area contributed by atoms with Crippen LogP contribution in [0.5, 0.6) is 0 Å². The van der Waals surface area contributed by atoms with E-state index in [4.69, 9.17) is 0 Å². The minimum Gasteiger partial charge on any atom is -0.303 e. The van der Waals surface area contributed by atoms with Crippen molar-refractivity contribution < 1.29 is 13.6 Å². The lowest BCUT2D eigenvalue weighted by molar-refractivity contribution is -0.120. The van der Waals surface area contributed by atoms with Crippen LogP contribution >= 0.6 is 0 Å². The Hall–Kier alpha value is -0.470. The molecule has 4 atom stereocenters. The molecule has 0 aliphatic heterocycles. The van der Waals surface area contributed by atoms with Crippen LogP contribution in [0.15, 0.2) is 0 Å². The van der Waals surface area contributed by atoms with E-state index in [0.717, 1.165) is 25.5 Å². The fraction of sp³-hybridized carbons (Fsp3) is 0.917. The highest BCUT2D eigenvalue weighted by atomic mass is 19.3. The maximum Gasteiger partial charge on any atom is 0.251 e. The van der Waals surface area contributed by atoms with Gasteiger partial charge in [0, 0.05) is 17.8 Å². The number of fused-ring (bicyclic) bond motifs is 2. The van der Waals surface area contributed by atoms with Gasteiger partial charge in [-0.2, -0.15) is 0 Å². The summed E-state index contributed by atoms with van der Waals surface area (Å²) in [5, 5.41) is 0. The molecule has 0 radical (unpaired) electrons. The molecule has 0 saturated heterocycles. The third-order valence-corrected chi connectivity index (χ3v) is 4.84. The molecule has 3 rings (SSSR count). The number of alkyl halides is 2. The van der Waals surface area contributed by atoms with Crippen molar-refractivity contribution in [2.24, 2.45) is 23.2 Å². The molecule has 0 aromatic rings. The van der Waals surface area contributed by atoms with Crippen LogP contribution < -0.4 is 0 Å². The minimum atomic E-state index is -2.46. The number of rotatable bonds is 3. The zero-order valence-corrected chi connectivity index (χ0v) is 8.72. The van der Waals surface area contributed by atoms with Crippen LogP contribution in [0.2, 0.25) is 0 Å². The van der Waals surface area contributed by atoms with Crippen molar-refractivity contribution in [3.63, 3.8) is 0 Å². The van der Waals surface area contributed by atoms with Gasteiger partial charge in [-0.25, -0.2) is 8.78 Å². The fourth-order valence-electron chi connectivity index (χ4n) is 3.88. The highest BCUT2D eigenvalue weighted by molar-refractivity contribution is 5.61. The highest BCUT2D eigenvalue weighted by Gasteiger charge is 2.62. The summed E-state index contributed by atoms with van der Waals surface area (Å²) in [4.78, 5) is 11.2. The molecule has 3 aliphatic rings. The highest BCUT2D eigenvalue weighted by Crippen LogP contribution is 2.62. The average Bonchev–Trinajstić information content (AvgIpc) is 2.60. The molecule has 0 spiro atoms. The predicted octanol–water partition coefficient (Wildman–Crippen LogP) is 3.04. The van der Waals surface area contributed by atoms with E-state index in [1.54, 1.807) is 0 Å². The molecule has 0 amide bonds.